The predicted molar refractivity (Wildman–Crippen MR) is 125 cm³/mol. The second kappa shape index (κ2) is 12.0. The topological polar surface area (TPSA) is 88.2 Å². The summed E-state index contributed by atoms with van der Waals surface area (Å²) >= 11 is 0. The minimum Gasteiger partial charge on any atom is -0.491 e. The van der Waals surface area contributed by atoms with Gasteiger partial charge in [-0.05, 0) is 63.5 Å². The number of amides is 1. The first-order chi connectivity index (χ1) is 15.0. The Morgan fingerprint density at radius 1 is 1.16 bits per heavy atom. The number of ether oxygens (including phenoxy) is 2. The lowest BCUT2D eigenvalue weighted by Gasteiger charge is -2.32. The maximum atomic E-state index is 13.0. The fourth-order valence-electron chi connectivity index (χ4n) is 3.96. The minimum atomic E-state index is -3.59. The highest BCUT2D eigenvalue weighted by Gasteiger charge is 2.32. The van der Waals surface area contributed by atoms with E-state index in [9.17, 15) is 13.2 Å². The first kappa shape index (κ1) is 26.6. The Bertz CT molecular complexity index is 817. The number of rotatable bonds is 12. The highest BCUT2D eigenvalue weighted by atomic mass is 32.2. The molecule has 1 aliphatic heterocycles. The molecular formula is C23H39N3O5S. The van der Waals surface area contributed by atoms with Gasteiger partial charge in [-0.3, -0.25) is 4.79 Å². The van der Waals surface area contributed by atoms with Crippen molar-refractivity contribution in [1.29, 1.82) is 0 Å². The van der Waals surface area contributed by atoms with Crippen molar-refractivity contribution in [1.82, 2.24) is 14.5 Å². The fourth-order valence-corrected chi connectivity index (χ4v) is 5.43. The third-order valence-electron chi connectivity index (χ3n) is 5.47. The largest absolute Gasteiger partial charge is 0.491 e. The molecule has 9 heteroatoms. The van der Waals surface area contributed by atoms with Gasteiger partial charge in [0.15, 0.2) is 0 Å². The van der Waals surface area contributed by atoms with Crippen molar-refractivity contribution in [2.24, 2.45) is 11.3 Å². The molecule has 182 valence electrons. The van der Waals surface area contributed by atoms with Crippen LogP contribution in [0, 0.1) is 11.3 Å². The summed E-state index contributed by atoms with van der Waals surface area (Å²) in [4.78, 5) is 15.0. The Kier molecular flexibility index (Phi) is 9.94. The molecule has 0 unspecified atom stereocenters. The fraction of sp³-hybridized carbons (Fsp3) is 0.696. The maximum absolute atomic E-state index is 13.0. The Hall–Kier alpha value is -1.68. The number of piperidine rings is 1. The molecule has 0 aromatic heterocycles. The quantitative estimate of drug-likeness (QED) is 0.472. The van der Waals surface area contributed by atoms with Gasteiger partial charge in [0.05, 0.1) is 11.5 Å². The maximum Gasteiger partial charge on any atom is 0.243 e. The molecule has 0 spiro atoms. The molecule has 8 nitrogen and oxygen atoms in total. The van der Waals surface area contributed by atoms with Gasteiger partial charge in [0.25, 0.3) is 0 Å². The first-order valence-electron chi connectivity index (χ1n) is 11.3. The second-order valence-corrected chi connectivity index (χ2v) is 11.3. The molecule has 1 aliphatic rings. The van der Waals surface area contributed by atoms with Gasteiger partial charge >= 0.3 is 0 Å². The zero-order chi connectivity index (χ0) is 23.8. The van der Waals surface area contributed by atoms with E-state index in [4.69, 9.17) is 9.47 Å². The van der Waals surface area contributed by atoms with E-state index in [0.29, 0.717) is 58.0 Å². The van der Waals surface area contributed by atoms with Gasteiger partial charge in [-0.2, -0.15) is 4.31 Å². The zero-order valence-corrected chi connectivity index (χ0v) is 20.9. The molecule has 0 aliphatic carbocycles. The van der Waals surface area contributed by atoms with Gasteiger partial charge in [-0.25, -0.2) is 8.42 Å². The van der Waals surface area contributed by atoms with Gasteiger partial charge in [-0.1, -0.05) is 13.8 Å². The molecule has 0 radical (unpaired) electrons. The predicted octanol–water partition coefficient (Wildman–Crippen LogP) is 2.21. The highest BCUT2D eigenvalue weighted by Crippen LogP contribution is 2.25. The van der Waals surface area contributed by atoms with E-state index in [0.717, 1.165) is 6.54 Å². The first-order valence-corrected chi connectivity index (χ1v) is 12.7. The molecular weight excluding hydrogens is 430 g/mol. The molecule has 0 bridgehead atoms. The van der Waals surface area contributed by atoms with Gasteiger partial charge < -0.3 is 19.7 Å². The van der Waals surface area contributed by atoms with Crippen molar-refractivity contribution in [3.8, 4) is 5.75 Å². The van der Waals surface area contributed by atoms with E-state index in [1.165, 1.54) is 4.31 Å². The SMILES string of the molecule is CCOCCOc1ccc(S(=O)(=O)N2CCC(C(=O)NCC(C)(C)CN(C)C)CC2)cc1. The van der Waals surface area contributed by atoms with Gasteiger partial charge in [0, 0.05) is 38.7 Å². The Morgan fingerprint density at radius 3 is 2.34 bits per heavy atom. The molecule has 2 rings (SSSR count). The van der Waals surface area contributed by atoms with Crippen LogP contribution in [0.5, 0.6) is 5.75 Å². The van der Waals surface area contributed by atoms with Gasteiger partial charge in [0.2, 0.25) is 15.9 Å². The van der Waals surface area contributed by atoms with E-state index in [-0.39, 0.29) is 22.1 Å². The number of hydrogen-bond donors (Lipinski definition) is 1. The van der Waals surface area contributed by atoms with E-state index in [2.05, 4.69) is 24.1 Å². The van der Waals surface area contributed by atoms with Gasteiger partial charge in [-0.15, -0.1) is 0 Å². The summed E-state index contributed by atoms with van der Waals surface area (Å²) in [6.07, 6.45) is 1.05. The van der Waals surface area contributed by atoms with Crippen LogP contribution in [0.1, 0.15) is 33.6 Å². The standard InChI is InChI=1S/C23H39N3O5S/c1-6-30-15-16-31-20-7-9-21(10-8-20)32(28,29)26-13-11-19(12-14-26)22(27)24-17-23(2,3)18-25(4)5/h7-10,19H,6,11-18H2,1-5H3,(H,24,27). The molecule has 32 heavy (non-hydrogen) atoms. The molecule has 0 saturated carbocycles. The molecule has 1 saturated heterocycles. The smallest absolute Gasteiger partial charge is 0.243 e. The number of hydrogen-bond acceptors (Lipinski definition) is 6. The third-order valence-corrected chi connectivity index (χ3v) is 7.39. The Balaban J connectivity index is 1.85. The van der Waals surface area contributed by atoms with Crippen molar-refractivity contribution in [2.75, 3.05) is 60.1 Å². The average Bonchev–Trinajstić information content (AvgIpc) is 2.75. The van der Waals surface area contributed by atoms with E-state index < -0.39 is 10.0 Å². The number of nitrogens with one attached hydrogen (secondary N) is 1. The Morgan fingerprint density at radius 2 is 1.78 bits per heavy atom. The molecule has 1 amide bonds. The Labute approximate surface area is 193 Å². The normalized spacial score (nSPS) is 16.3. The lowest BCUT2D eigenvalue weighted by molar-refractivity contribution is -0.126. The monoisotopic (exact) mass is 469 g/mol. The molecule has 1 heterocycles. The number of carbonyl (C=O) groups excluding carboxylic acids is 1. The molecule has 1 N–H and O–H groups in total. The van der Waals surface area contributed by atoms with Crippen LogP contribution in [0.25, 0.3) is 0 Å². The van der Waals surface area contributed by atoms with Crippen LogP contribution in [0.3, 0.4) is 0 Å². The van der Waals surface area contributed by atoms with Crippen LogP contribution in [0.4, 0.5) is 0 Å². The zero-order valence-electron chi connectivity index (χ0n) is 20.1. The number of benzene rings is 1. The summed E-state index contributed by atoms with van der Waals surface area (Å²) in [5.74, 6) is 0.469. The van der Waals surface area contributed by atoms with E-state index in [1.54, 1.807) is 24.3 Å². The summed E-state index contributed by atoms with van der Waals surface area (Å²) in [7, 11) is 0.443. The summed E-state index contributed by atoms with van der Waals surface area (Å²) < 4.78 is 38.2. The van der Waals surface area contributed by atoms with Crippen molar-refractivity contribution >= 4 is 15.9 Å². The molecule has 1 fully saturated rings. The van der Waals surface area contributed by atoms with Crippen LogP contribution in [0.2, 0.25) is 0 Å². The third kappa shape index (κ3) is 8.03. The molecule has 1 aromatic rings. The lowest BCUT2D eigenvalue weighted by Crippen LogP contribution is -2.45. The van der Waals surface area contributed by atoms with Crippen molar-refractivity contribution in [3.63, 3.8) is 0 Å². The number of carbonyl (C=O) groups is 1. The summed E-state index contributed by atoms with van der Waals surface area (Å²) in [5, 5.41) is 3.06. The van der Waals surface area contributed by atoms with Gasteiger partial charge in [0.1, 0.15) is 12.4 Å². The summed E-state index contributed by atoms with van der Waals surface area (Å²) in [6.45, 7) is 9.86. The van der Waals surface area contributed by atoms with E-state index in [1.807, 2.05) is 21.0 Å². The van der Waals surface area contributed by atoms with Crippen LogP contribution in [-0.2, 0) is 19.6 Å². The van der Waals surface area contributed by atoms with Crippen LogP contribution >= 0.6 is 0 Å². The average molecular weight is 470 g/mol. The van der Waals surface area contributed by atoms with Crippen molar-refractivity contribution < 1.29 is 22.7 Å². The van der Waals surface area contributed by atoms with Crippen LogP contribution in [-0.4, -0.2) is 83.6 Å². The van der Waals surface area contributed by atoms with Crippen molar-refractivity contribution in [2.45, 2.75) is 38.5 Å². The van der Waals surface area contributed by atoms with Crippen molar-refractivity contribution in [3.05, 3.63) is 24.3 Å². The number of nitrogens with zero attached hydrogens (tertiary/aromatic N) is 2. The number of sulfonamides is 1. The summed E-state index contributed by atoms with van der Waals surface area (Å²) in [6, 6.07) is 6.46. The van der Waals surface area contributed by atoms with Crippen LogP contribution in [0.15, 0.2) is 29.2 Å². The highest BCUT2D eigenvalue weighted by molar-refractivity contribution is 7.89. The summed E-state index contributed by atoms with van der Waals surface area (Å²) in [5.41, 5.74) is -0.0257. The minimum absolute atomic E-state index is 0.0161. The molecule has 0 atom stereocenters. The molecule has 1 aromatic carbocycles. The van der Waals surface area contributed by atoms with E-state index >= 15 is 0 Å². The van der Waals surface area contributed by atoms with Crippen LogP contribution < -0.4 is 10.1 Å². The lowest BCUT2D eigenvalue weighted by atomic mass is 9.91. The second-order valence-electron chi connectivity index (χ2n) is 9.31.